The van der Waals surface area contributed by atoms with Crippen molar-refractivity contribution < 1.29 is 0 Å². The highest BCUT2D eigenvalue weighted by atomic mass is 32.1. The molecule has 0 spiro atoms. The second-order valence-electron chi connectivity index (χ2n) is 6.05. The van der Waals surface area contributed by atoms with Crippen LogP contribution in [-0.4, -0.2) is 15.9 Å². The maximum absolute atomic E-state index is 6.00. The van der Waals surface area contributed by atoms with Crippen LogP contribution in [-0.2, 0) is 6.54 Å². The van der Waals surface area contributed by atoms with Gasteiger partial charge in [0.25, 0.3) is 0 Å². The summed E-state index contributed by atoms with van der Waals surface area (Å²) in [5.41, 5.74) is 11.5. The van der Waals surface area contributed by atoms with Crippen molar-refractivity contribution in [2.24, 2.45) is 10.7 Å². The zero-order valence-corrected chi connectivity index (χ0v) is 15.2. The van der Waals surface area contributed by atoms with E-state index in [4.69, 9.17) is 5.73 Å². The molecular formula is C20H19N5S. The molecule has 2 aromatic heterocycles. The number of benzene rings is 2. The highest BCUT2D eigenvalue weighted by Gasteiger charge is 2.12. The minimum absolute atomic E-state index is 0.366. The molecule has 0 aliphatic rings. The molecule has 2 aromatic carbocycles. The van der Waals surface area contributed by atoms with Gasteiger partial charge in [0.15, 0.2) is 11.1 Å². The second-order valence-corrected chi connectivity index (χ2v) is 6.91. The Morgan fingerprint density at radius 2 is 2.04 bits per heavy atom. The Hall–Kier alpha value is -3.12. The van der Waals surface area contributed by atoms with Crippen LogP contribution in [0.1, 0.15) is 11.1 Å². The number of fused-ring (bicyclic) bond motifs is 1. The number of guanidine groups is 1. The number of rotatable bonds is 4. The highest BCUT2D eigenvalue weighted by molar-refractivity contribution is 7.14. The number of hydrogen-bond acceptors (Lipinski definition) is 3. The molecule has 2 heterocycles. The summed E-state index contributed by atoms with van der Waals surface area (Å²) in [6, 6.07) is 16.3. The molecule has 0 saturated heterocycles. The number of aryl methyl sites for hydroxylation is 1. The largest absolute Gasteiger partial charge is 0.370 e. The van der Waals surface area contributed by atoms with E-state index in [2.05, 4.69) is 45.4 Å². The average molecular weight is 361 g/mol. The first-order valence-corrected chi connectivity index (χ1v) is 9.22. The van der Waals surface area contributed by atoms with Crippen molar-refractivity contribution in [2.45, 2.75) is 13.5 Å². The van der Waals surface area contributed by atoms with Gasteiger partial charge in [-0.1, -0.05) is 42.5 Å². The summed E-state index contributed by atoms with van der Waals surface area (Å²) in [7, 11) is 0. The van der Waals surface area contributed by atoms with Crippen LogP contribution >= 0.6 is 11.3 Å². The summed E-state index contributed by atoms with van der Waals surface area (Å²) in [4.78, 5) is 12.3. The average Bonchev–Trinajstić information content (AvgIpc) is 3.28. The molecule has 4 N–H and O–H groups in total. The van der Waals surface area contributed by atoms with Crippen LogP contribution in [0, 0.1) is 6.92 Å². The van der Waals surface area contributed by atoms with Crippen LogP contribution in [0.5, 0.6) is 0 Å². The number of hydrogen-bond donors (Lipinski definition) is 3. The molecular weight excluding hydrogens is 342 g/mol. The van der Waals surface area contributed by atoms with Crippen LogP contribution in [0.25, 0.3) is 22.2 Å². The number of nitrogens with one attached hydrogen (secondary N) is 2. The number of aliphatic imine (C=N–C) groups is 1. The van der Waals surface area contributed by atoms with E-state index in [-0.39, 0.29) is 0 Å². The van der Waals surface area contributed by atoms with E-state index < -0.39 is 0 Å². The van der Waals surface area contributed by atoms with Crippen LogP contribution in [0.15, 0.2) is 65.1 Å². The molecule has 5 nitrogen and oxygen atoms in total. The molecule has 26 heavy (non-hydrogen) atoms. The standard InChI is InChI=1S/C20H19N5S/c1-13-6-5-9-16-18(13)15(11-22-16)17-12-26-20(24-17)25-19(21)23-10-14-7-3-2-4-8-14/h2-9,11-12,22H,10H2,1H3,(H3,21,23,24,25). The SMILES string of the molecule is Cc1cccc2[nH]cc(-c3csc(NC(N)=NCc4ccccc4)n3)c12. The van der Waals surface area contributed by atoms with Gasteiger partial charge >= 0.3 is 0 Å². The van der Waals surface area contributed by atoms with Crippen molar-refractivity contribution in [1.29, 1.82) is 0 Å². The van der Waals surface area contributed by atoms with E-state index in [9.17, 15) is 0 Å². The molecule has 4 aromatic rings. The van der Waals surface area contributed by atoms with Crippen molar-refractivity contribution in [2.75, 3.05) is 5.32 Å². The van der Waals surface area contributed by atoms with Crippen molar-refractivity contribution >= 4 is 33.3 Å². The van der Waals surface area contributed by atoms with E-state index >= 15 is 0 Å². The van der Waals surface area contributed by atoms with Crippen molar-refractivity contribution in [3.8, 4) is 11.3 Å². The summed E-state index contributed by atoms with van der Waals surface area (Å²) in [6.07, 6.45) is 2.00. The van der Waals surface area contributed by atoms with Crippen LogP contribution < -0.4 is 11.1 Å². The molecule has 0 aliphatic carbocycles. The number of H-pyrrole nitrogens is 1. The van der Waals surface area contributed by atoms with E-state index in [0.29, 0.717) is 12.5 Å². The van der Waals surface area contributed by atoms with Gasteiger partial charge in [0.05, 0.1) is 12.2 Å². The Kier molecular flexibility index (Phi) is 4.41. The van der Waals surface area contributed by atoms with Gasteiger partial charge in [0.2, 0.25) is 0 Å². The molecule has 0 radical (unpaired) electrons. The topological polar surface area (TPSA) is 79.1 Å². The lowest BCUT2D eigenvalue weighted by atomic mass is 10.1. The van der Waals surface area contributed by atoms with Gasteiger partial charge in [0.1, 0.15) is 0 Å². The third kappa shape index (κ3) is 3.32. The zero-order valence-electron chi connectivity index (χ0n) is 14.4. The summed E-state index contributed by atoms with van der Waals surface area (Å²) in [5, 5.41) is 7.05. The zero-order chi connectivity index (χ0) is 17.9. The summed E-state index contributed by atoms with van der Waals surface area (Å²) >= 11 is 1.52. The summed E-state index contributed by atoms with van der Waals surface area (Å²) in [6.45, 7) is 2.65. The van der Waals surface area contributed by atoms with Gasteiger partial charge in [-0.25, -0.2) is 9.98 Å². The van der Waals surface area contributed by atoms with Crippen LogP contribution in [0.2, 0.25) is 0 Å². The van der Waals surface area contributed by atoms with Gasteiger partial charge in [-0.15, -0.1) is 11.3 Å². The fourth-order valence-corrected chi connectivity index (χ4v) is 3.65. The van der Waals surface area contributed by atoms with E-state index in [1.807, 2.05) is 41.9 Å². The fourth-order valence-electron chi connectivity index (χ4n) is 2.93. The van der Waals surface area contributed by atoms with Crippen LogP contribution in [0.3, 0.4) is 0 Å². The first-order valence-electron chi connectivity index (χ1n) is 8.34. The molecule has 0 unspecified atom stereocenters. The minimum Gasteiger partial charge on any atom is -0.370 e. The molecule has 0 aliphatic heterocycles. The Labute approximate surface area is 155 Å². The Balaban J connectivity index is 1.52. The van der Waals surface area contributed by atoms with Crippen LogP contribution in [0.4, 0.5) is 5.13 Å². The molecule has 0 amide bonds. The third-order valence-electron chi connectivity index (χ3n) is 4.20. The molecule has 130 valence electrons. The van der Waals surface area contributed by atoms with Crippen molar-refractivity contribution in [3.05, 3.63) is 71.2 Å². The lowest BCUT2D eigenvalue weighted by molar-refractivity contribution is 1.06. The van der Waals surface area contributed by atoms with E-state index in [1.54, 1.807) is 0 Å². The van der Waals surface area contributed by atoms with Gasteiger partial charge in [-0.3, -0.25) is 0 Å². The smallest absolute Gasteiger partial charge is 0.195 e. The molecule has 0 bridgehead atoms. The Bertz CT molecular complexity index is 1060. The lowest BCUT2D eigenvalue weighted by Gasteiger charge is -2.02. The quantitative estimate of drug-likeness (QED) is 0.369. The number of thiazole rings is 1. The monoisotopic (exact) mass is 361 g/mol. The summed E-state index contributed by atoms with van der Waals surface area (Å²) in [5.74, 6) is 0.366. The summed E-state index contributed by atoms with van der Waals surface area (Å²) < 4.78 is 0. The highest BCUT2D eigenvalue weighted by Crippen LogP contribution is 2.32. The van der Waals surface area contributed by atoms with E-state index in [1.165, 1.54) is 22.3 Å². The minimum atomic E-state index is 0.366. The number of aromatic amines is 1. The molecule has 0 fully saturated rings. The van der Waals surface area contributed by atoms with Gasteiger partial charge in [-0.05, 0) is 24.1 Å². The molecule has 0 saturated carbocycles. The number of anilines is 1. The maximum atomic E-state index is 6.00. The van der Waals surface area contributed by atoms with Gasteiger partial charge < -0.3 is 16.0 Å². The predicted molar refractivity (Wildman–Crippen MR) is 110 cm³/mol. The lowest BCUT2D eigenvalue weighted by Crippen LogP contribution is -2.22. The fraction of sp³-hybridized carbons (Fsp3) is 0.100. The first-order chi connectivity index (χ1) is 12.7. The second kappa shape index (κ2) is 7.01. The molecule has 4 rings (SSSR count). The molecule has 6 heteroatoms. The number of nitrogens with two attached hydrogens (primary N) is 1. The molecule has 0 atom stereocenters. The number of nitrogens with zero attached hydrogens (tertiary/aromatic N) is 2. The third-order valence-corrected chi connectivity index (χ3v) is 4.96. The Morgan fingerprint density at radius 3 is 2.88 bits per heavy atom. The normalized spacial score (nSPS) is 11.8. The predicted octanol–water partition coefficient (Wildman–Crippen LogP) is 4.53. The maximum Gasteiger partial charge on any atom is 0.195 e. The van der Waals surface area contributed by atoms with Crippen molar-refractivity contribution in [3.63, 3.8) is 0 Å². The first kappa shape index (κ1) is 16.4. The van der Waals surface area contributed by atoms with E-state index in [0.717, 1.165) is 27.5 Å². The number of aromatic nitrogens is 2. The Morgan fingerprint density at radius 1 is 1.19 bits per heavy atom. The van der Waals surface area contributed by atoms with Crippen molar-refractivity contribution in [1.82, 2.24) is 9.97 Å². The van der Waals surface area contributed by atoms with Gasteiger partial charge in [0, 0.05) is 28.0 Å². The van der Waals surface area contributed by atoms with Gasteiger partial charge in [-0.2, -0.15) is 0 Å².